The molecule has 0 unspecified atom stereocenters. The van der Waals surface area contributed by atoms with Crippen LogP contribution in [0.5, 0.6) is 0 Å². The van der Waals surface area contributed by atoms with Crippen molar-refractivity contribution >= 4 is 15.9 Å². The van der Waals surface area contributed by atoms with E-state index in [1.54, 1.807) is 18.7 Å². The van der Waals surface area contributed by atoms with Crippen LogP contribution in [0.3, 0.4) is 0 Å². The lowest BCUT2D eigenvalue weighted by Crippen LogP contribution is -2.39. The summed E-state index contributed by atoms with van der Waals surface area (Å²) in [6.45, 7) is 12.3. The number of rotatable bonds is 7. The van der Waals surface area contributed by atoms with Crippen LogP contribution >= 0.6 is 0 Å². The largest absolute Gasteiger partial charge is 0.341 e. The van der Waals surface area contributed by atoms with E-state index >= 15 is 0 Å². The Balaban J connectivity index is 2.82. The third-order valence-corrected chi connectivity index (χ3v) is 5.34. The van der Waals surface area contributed by atoms with Gasteiger partial charge >= 0.3 is 0 Å². The predicted molar refractivity (Wildman–Crippen MR) is 92.9 cm³/mol. The third kappa shape index (κ3) is 5.62. The van der Waals surface area contributed by atoms with Gasteiger partial charge in [0, 0.05) is 26.6 Å². The average molecular weight is 340 g/mol. The van der Waals surface area contributed by atoms with Gasteiger partial charge in [0.05, 0.1) is 4.90 Å². The van der Waals surface area contributed by atoms with Gasteiger partial charge in [0.1, 0.15) is 0 Å². The third-order valence-electron chi connectivity index (χ3n) is 3.58. The summed E-state index contributed by atoms with van der Waals surface area (Å²) in [4.78, 5) is 13.6. The second kappa shape index (κ2) is 7.93. The molecule has 0 spiro atoms. The Morgan fingerprint density at radius 3 is 2.13 bits per heavy atom. The maximum absolute atomic E-state index is 12.5. The maximum Gasteiger partial charge on any atom is 0.241 e. The summed E-state index contributed by atoms with van der Waals surface area (Å²) < 4.78 is 27.7. The molecule has 6 heteroatoms. The fraction of sp³-hybridized carbons (Fsp3) is 0.588. The molecular weight excluding hydrogens is 312 g/mol. The number of aryl methyl sites for hydroxylation is 3. The monoisotopic (exact) mass is 340 g/mol. The van der Waals surface area contributed by atoms with E-state index in [1.165, 1.54) is 6.92 Å². The fourth-order valence-electron chi connectivity index (χ4n) is 2.80. The van der Waals surface area contributed by atoms with Crippen LogP contribution in [-0.2, 0) is 14.8 Å². The zero-order valence-electron chi connectivity index (χ0n) is 14.9. The molecule has 0 aliphatic rings. The van der Waals surface area contributed by atoms with Gasteiger partial charge in [-0.3, -0.25) is 4.79 Å². The van der Waals surface area contributed by atoms with Gasteiger partial charge in [-0.05, 0) is 37.8 Å². The molecule has 0 heterocycles. The molecule has 0 saturated carbocycles. The van der Waals surface area contributed by atoms with Crippen LogP contribution in [0.2, 0.25) is 0 Å². The van der Waals surface area contributed by atoms with Gasteiger partial charge in [0.2, 0.25) is 15.9 Å². The second-order valence-electron chi connectivity index (χ2n) is 6.48. The van der Waals surface area contributed by atoms with Crippen molar-refractivity contribution in [3.8, 4) is 0 Å². The number of nitrogens with one attached hydrogen (secondary N) is 1. The standard InChI is InChI=1S/C17H28N2O3S/c1-12(2)11-19(16(6)20)8-7-18-23(21,22)17-14(4)9-13(3)10-15(17)5/h9-10,12,18H,7-8,11H2,1-6H3. The Morgan fingerprint density at radius 1 is 1.17 bits per heavy atom. The van der Waals surface area contributed by atoms with Gasteiger partial charge in [-0.25, -0.2) is 13.1 Å². The molecule has 1 aromatic rings. The SMILES string of the molecule is CC(=O)N(CCNS(=O)(=O)c1c(C)cc(C)cc1C)CC(C)C. The molecule has 0 fully saturated rings. The quantitative estimate of drug-likeness (QED) is 0.829. The molecule has 23 heavy (non-hydrogen) atoms. The predicted octanol–water partition coefficient (Wildman–Crippen LogP) is 2.39. The molecule has 130 valence electrons. The number of carbonyl (C=O) groups excluding carboxylic acids is 1. The van der Waals surface area contributed by atoms with Crippen molar-refractivity contribution in [2.75, 3.05) is 19.6 Å². The second-order valence-corrected chi connectivity index (χ2v) is 8.19. The topological polar surface area (TPSA) is 66.5 Å². The minimum absolute atomic E-state index is 0.0411. The molecule has 0 bridgehead atoms. The van der Waals surface area contributed by atoms with Gasteiger partial charge in [-0.15, -0.1) is 0 Å². The lowest BCUT2D eigenvalue weighted by Gasteiger charge is -2.23. The minimum Gasteiger partial charge on any atom is -0.341 e. The van der Waals surface area contributed by atoms with Gasteiger partial charge < -0.3 is 4.90 Å². The molecular formula is C17H28N2O3S. The molecule has 1 amide bonds. The Morgan fingerprint density at radius 2 is 1.70 bits per heavy atom. The first-order valence-corrected chi connectivity index (χ1v) is 9.36. The first-order valence-electron chi connectivity index (χ1n) is 7.87. The summed E-state index contributed by atoms with van der Waals surface area (Å²) in [6, 6.07) is 3.73. The Kier molecular flexibility index (Phi) is 6.77. The Bertz CT molecular complexity index is 643. The average Bonchev–Trinajstić information content (AvgIpc) is 2.34. The number of hydrogen-bond donors (Lipinski definition) is 1. The van der Waals surface area contributed by atoms with Crippen LogP contribution in [0, 0.1) is 26.7 Å². The zero-order chi connectivity index (χ0) is 17.8. The van der Waals surface area contributed by atoms with Crippen LogP contribution in [-0.4, -0.2) is 38.9 Å². The number of amides is 1. The van der Waals surface area contributed by atoms with E-state index in [0.29, 0.717) is 23.9 Å². The van der Waals surface area contributed by atoms with Crippen LogP contribution in [0.25, 0.3) is 0 Å². The van der Waals surface area contributed by atoms with Gasteiger partial charge in [-0.2, -0.15) is 0 Å². The van der Waals surface area contributed by atoms with Crippen LogP contribution in [0.15, 0.2) is 17.0 Å². The maximum atomic E-state index is 12.5. The fourth-order valence-corrected chi connectivity index (χ4v) is 4.27. The smallest absolute Gasteiger partial charge is 0.241 e. The summed E-state index contributed by atoms with van der Waals surface area (Å²) >= 11 is 0. The normalized spacial score (nSPS) is 11.8. The van der Waals surface area contributed by atoms with Crippen LogP contribution < -0.4 is 4.72 Å². The molecule has 0 atom stereocenters. The first kappa shape index (κ1) is 19.6. The van der Waals surface area contributed by atoms with E-state index in [2.05, 4.69) is 4.72 Å². The molecule has 5 nitrogen and oxygen atoms in total. The highest BCUT2D eigenvalue weighted by molar-refractivity contribution is 7.89. The van der Waals surface area contributed by atoms with Crippen molar-refractivity contribution in [3.63, 3.8) is 0 Å². The Hall–Kier alpha value is -1.40. The summed E-state index contributed by atoms with van der Waals surface area (Å²) in [5.74, 6) is 0.303. The minimum atomic E-state index is -3.58. The summed E-state index contributed by atoms with van der Waals surface area (Å²) in [7, 11) is -3.58. The van der Waals surface area contributed by atoms with Crippen LogP contribution in [0.1, 0.15) is 37.5 Å². The highest BCUT2D eigenvalue weighted by Crippen LogP contribution is 2.21. The van der Waals surface area contributed by atoms with Crippen molar-refractivity contribution in [1.82, 2.24) is 9.62 Å². The van der Waals surface area contributed by atoms with E-state index in [9.17, 15) is 13.2 Å². The molecule has 1 rings (SSSR count). The van der Waals surface area contributed by atoms with Gasteiger partial charge in [0.15, 0.2) is 0 Å². The molecule has 1 aromatic carbocycles. The van der Waals surface area contributed by atoms with Crippen molar-refractivity contribution < 1.29 is 13.2 Å². The van der Waals surface area contributed by atoms with E-state index < -0.39 is 10.0 Å². The van der Waals surface area contributed by atoms with Gasteiger partial charge in [-0.1, -0.05) is 31.5 Å². The lowest BCUT2D eigenvalue weighted by atomic mass is 10.1. The molecule has 0 aliphatic carbocycles. The van der Waals surface area contributed by atoms with Crippen molar-refractivity contribution in [2.24, 2.45) is 5.92 Å². The molecule has 0 saturated heterocycles. The molecule has 0 radical (unpaired) electrons. The number of nitrogens with zero attached hydrogens (tertiary/aromatic N) is 1. The van der Waals surface area contributed by atoms with E-state index in [-0.39, 0.29) is 12.5 Å². The van der Waals surface area contributed by atoms with Crippen molar-refractivity contribution in [3.05, 3.63) is 28.8 Å². The zero-order valence-corrected chi connectivity index (χ0v) is 15.8. The highest BCUT2D eigenvalue weighted by atomic mass is 32.2. The van der Waals surface area contributed by atoms with E-state index in [0.717, 1.165) is 16.7 Å². The van der Waals surface area contributed by atoms with Crippen molar-refractivity contribution in [2.45, 2.75) is 46.4 Å². The van der Waals surface area contributed by atoms with E-state index in [4.69, 9.17) is 0 Å². The number of carbonyl (C=O) groups is 1. The molecule has 0 aromatic heterocycles. The lowest BCUT2D eigenvalue weighted by molar-refractivity contribution is -0.129. The molecule has 1 N–H and O–H groups in total. The van der Waals surface area contributed by atoms with Crippen LogP contribution in [0.4, 0.5) is 0 Å². The van der Waals surface area contributed by atoms with Gasteiger partial charge in [0.25, 0.3) is 0 Å². The summed E-state index contributed by atoms with van der Waals surface area (Å²) in [5.41, 5.74) is 2.51. The Labute approximate surface area is 140 Å². The first-order chi connectivity index (χ1) is 10.5. The summed E-state index contributed by atoms with van der Waals surface area (Å²) in [6.07, 6.45) is 0. The number of benzene rings is 1. The highest BCUT2D eigenvalue weighted by Gasteiger charge is 2.20. The van der Waals surface area contributed by atoms with E-state index in [1.807, 2.05) is 32.9 Å². The summed E-state index contributed by atoms with van der Waals surface area (Å²) in [5, 5.41) is 0. The van der Waals surface area contributed by atoms with Crippen molar-refractivity contribution in [1.29, 1.82) is 0 Å². The number of hydrogen-bond acceptors (Lipinski definition) is 3. The number of sulfonamides is 1. The molecule has 0 aliphatic heterocycles.